The van der Waals surface area contributed by atoms with Crippen LogP contribution in [0.4, 0.5) is 0 Å². The van der Waals surface area contributed by atoms with E-state index in [4.69, 9.17) is 23.2 Å². The number of carbonyl (C=O) groups excluding carboxylic acids is 2. The topological polar surface area (TPSA) is 58.2 Å². The summed E-state index contributed by atoms with van der Waals surface area (Å²) >= 11 is 13.7. The molecule has 1 aliphatic carbocycles. The maximum absolute atomic E-state index is 12.2. The second-order valence-corrected chi connectivity index (χ2v) is 7.70. The number of carbonyl (C=O) groups is 2. The van der Waals surface area contributed by atoms with Gasteiger partial charge in [0, 0.05) is 19.0 Å². The van der Waals surface area contributed by atoms with E-state index < -0.39 is 0 Å². The smallest absolute Gasteiger partial charge is 0.261 e. The van der Waals surface area contributed by atoms with Crippen LogP contribution in [0.25, 0.3) is 0 Å². The minimum absolute atomic E-state index is 0.0330. The van der Waals surface area contributed by atoms with Crippen LogP contribution >= 0.6 is 34.5 Å². The average molecular weight is 397 g/mol. The summed E-state index contributed by atoms with van der Waals surface area (Å²) in [5, 5.41) is 8.69. The van der Waals surface area contributed by atoms with Crippen molar-refractivity contribution >= 4 is 46.4 Å². The predicted molar refractivity (Wildman–Crippen MR) is 102 cm³/mol. The van der Waals surface area contributed by atoms with Gasteiger partial charge in [0.2, 0.25) is 5.91 Å². The molecule has 0 aliphatic heterocycles. The van der Waals surface area contributed by atoms with E-state index in [1.54, 1.807) is 12.1 Å². The van der Waals surface area contributed by atoms with Crippen molar-refractivity contribution in [2.24, 2.45) is 5.92 Å². The number of rotatable bonds is 7. The Morgan fingerprint density at radius 2 is 1.92 bits per heavy atom. The number of thiophene rings is 1. The lowest BCUT2D eigenvalue weighted by molar-refractivity contribution is -0.122. The average Bonchev–Trinajstić information content (AvgIpc) is 3.20. The van der Waals surface area contributed by atoms with Gasteiger partial charge in [0.25, 0.3) is 5.91 Å². The van der Waals surface area contributed by atoms with Crippen molar-refractivity contribution in [3.8, 4) is 0 Å². The van der Waals surface area contributed by atoms with Gasteiger partial charge in [-0.25, -0.2) is 0 Å². The van der Waals surface area contributed by atoms with Gasteiger partial charge in [-0.05, 0) is 41.8 Å². The third-order valence-electron chi connectivity index (χ3n) is 4.19. The first kappa shape index (κ1) is 18.2. The molecule has 25 heavy (non-hydrogen) atoms. The van der Waals surface area contributed by atoms with Gasteiger partial charge < -0.3 is 10.6 Å². The second-order valence-electron chi connectivity index (χ2n) is 5.97. The minimum atomic E-state index is -0.0702. The number of hydrogen-bond acceptors (Lipinski definition) is 3. The number of nitrogens with one attached hydrogen (secondary N) is 2. The van der Waals surface area contributed by atoms with Crippen LogP contribution in [0.5, 0.6) is 0 Å². The predicted octanol–water partition coefficient (Wildman–Crippen LogP) is 4.09. The van der Waals surface area contributed by atoms with E-state index in [1.807, 2.05) is 23.6 Å². The molecule has 0 radical (unpaired) electrons. The Morgan fingerprint density at radius 3 is 2.68 bits per heavy atom. The van der Waals surface area contributed by atoms with Crippen molar-refractivity contribution in [1.29, 1.82) is 0 Å². The van der Waals surface area contributed by atoms with Crippen molar-refractivity contribution in [3.63, 3.8) is 0 Å². The first-order valence-electron chi connectivity index (χ1n) is 8.11. The van der Waals surface area contributed by atoms with Gasteiger partial charge >= 0.3 is 0 Å². The van der Waals surface area contributed by atoms with Gasteiger partial charge in [0.05, 0.1) is 14.9 Å². The Hall–Kier alpha value is -1.56. The van der Waals surface area contributed by atoms with Gasteiger partial charge in [-0.15, -0.1) is 11.3 Å². The summed E-state index contributed by atoms with van der Waals surface area (Å²) in [6.07, 6.45) is 1.49. The number of benzene rings is 1. The fraction of sp³-hybridized carbons (Fsp3) is 0.333. The second kappa shape index (κ2) is 8.21. The summed E-state index contributed by atoms with van der Waals surface area (Å²) < 4.78 is 0. The zero-order chi connectivity index (χ0) is 17.8. The van der Waals surface area contributed by atoms with Gasteiger partial charge in [-0.1, -0.05) is 41.4 Å². The molecule has 4 nitrogen and oxygen atoms in total. The van der Waals surface area contributed by atoms with Gasteiger partial charge in [-0.2, -0.15) is 0 Å². The molecule has 1 fully saturated rings. The SMILES string of the molecule is O=C(NCCCNC(=O)C1CC1c1cccc(Cl)c1Cl)c1cccs1. The lowest BCUT2D eigenvalue weighted by Gasteiger charge is -2.07. The van der Waals surface area contributed by atoms with Crippen LogP contribution in [0, 0.1) is 5.92 Å². The van der Waals surface area contributed by atoms with Gasteiger partial charge in [0.1, 0.15) is 0 Å². The first-order valence-corrected chi connectivity index (χ1v) is 9.75. The fourth-order valence-electron chi connectivity index (χ4n) is 2.76. The van der Waals surface area contributed by atoms with Crippen LogP contribution in [0.2, 0.25) is 10.0 Å². The van der Waals surface area contributed by atoms with E-state index in [-0.39, 0.29) is 23.7 Å². The first-order chi connectivity index (χ1) is 12.1. The van der Waals surface area contributed by atoms with Crippen LogP contribution in [-0.4, -0.2) is 24.9 Å². The highest BCUT2D eigenvalue weighted by Gasteiger charge is 2.44. The van der Waals surface area contributed by atoms with Gasteiger partial charge in [-0.3, -0.25) is 9.59 Å². The van der Waals surface area contributed by atoms with Crippen molar-refractivity contribution in [3.05, 3.63) is 56.2 Å². The van der Waals surface area contributed by atoms with E-state index in [0.29, 0.717) is 34.4 Å². The molecular formula is C18H18Cl2N2O2S. The molecule has 1 aliphatic rings. The van der Waals surface area contributed by atoms with Gasteiger partial charge in [0.15, 0.2) is 0 Å². The molecular weight excluding hydrogens is 379 g/mol. The normalized spacial score (nSPS) is 18.6. The molecule has 1 aromatic carbocycles. The summed E-state index contributed by atoms with van der Waals surface area (Å²) in [4.78, 5) is 24.7. The molecule has 0 spiro atoms. The molecule has 0 saturated heterocycles. The standard InChI is InChI=1S/C18H18Cl2N2O2S/c19-14-5-1-4-11(16(14)20)12-10-13(12)17(23)21-7-3-8-22-18(24)15-6-2-9-25-15/h1-2,4-6,9,12-13H,3,7-8,10H2,(H,21,23)(H,22,24). The Balaban J connectivity index is 1.37. The molecule has 0 bridgehead atoms. The molecule has 7 heteroatoms. The third-order valence-corrected chi connectivity index (χ3v) is 5.89. The maximum Gasteiger partial charge on any atom is 0.261 e. The summed E-state index contributed by atoms with van der Waals surface area (Å²) in [6.45, 7) is 1.07. The maximum atomic E-state index is 12.2. The molecule has 1 saturated carbocycles. The van der Waals surface area contributed by atoms with Crippen molar-refractivity contribution in [1.82, 2.24) is 10.6 Å². The number of halogens is 2. The number of hydrogen-bond donors (Lipinski definition) is 2. The molecule has 2 unspecified atom stereocenters. The molecule has 2 amide bonds. The molecule has 1 aromatic heterocycles. The van der Waals surface area contributed by atoms with E-state index in [9.17, 15) is 9.59 Å². The van der Waals surface area contributed by atoms with Crippen molar-refractivity contribution in [2.75, 3.05) is 13.1 Å². The van der Waals surface area contributed by atoms with Crippen LogP contribution in [0.3, 0.4) is 0 Å². The summed E-state index contributed by atoms with van der Waals surface area (Å²) in [5.41, 5.74) is 0.942. The van der Waals surface area contributed by atoms with E-state index in [2.05, 4.69) is 10.6 Å². The molecule has 2 atom stereocenters. The summed E-state index contributed by atoms with van der Waals surface area (Å²) in [7, 11) is 0. The van der Waals surface area contributed by atoms with E-state index >= 15 is 0 Å². The summed E-state index contributed by atoms with van der Waals surface area (Å²) in [5.74, 6) is 0.0613. The Kier molecular flexibility index (Phi) is 5.99. The molecule has 2 N–H and O–H groups in total. The third kappa shape index (κ3) is 4.54. The van der Waals surface area contributed by atoms with E-state index in [1.165, 1.54) is 11.3 Å². The molecule has 3 rings (SSSR count). The molecule has 1 heterocycles. The molecule has 2 aromatic rings. The van der Waals surface area contributed by atoms with Crippen molar-refractivity contribution < 1.29 is 9.59 Å². The van der Waals surface area contributed by atoms with Crippen molar-refractivity contribution in [2.45, 2.75) is 18.8 Å². The monoisotopic (exact) mass is 396 g/mol. The Labute approximate surface area is 160 Å². The molecule has 132 valence electrons. The Bertz CT molecular complexity index is 764. The fourth-order valence-corrected chi connectivity index (χ4v) is 3.85. The van der Waals surface area contributed by atoms with Crippen LogP contribution in [0.15, 0.2) is 35.7 Å². The lowest BCUT2D eigenvalue weighted by atomic mass is 10.1. The number of amides is 2. The lowest BCUT2D eigenvalue weighted by Crippen LogP contribution is -2.30. The largest absolute Gasteiger partial charge is 0.356 e. The minimum Gasteiger partial charge on any atom is -0.356 e. The van der Waals surface area contributed by atoms with Crippen LogP contribution in [0.1, 0.15) is 34.0 Å². The Morgan fingerprint density at radius 1 is 1.12 bits per heavy atom. The van der Waals surface area contributed by atoms with E-state index in [0.717, 1.165) is 12.0 Å². The zero-order valence-corrected chi connectivity index (χ0v) is 15.8. The highest BCUT2D eigenvalue weighted by atomic mass is 35.5. The summed E-state index contributed by atoms with van der Waals surface area (Å²) in [6, 6.07) is 9.16. The highest BCUT2D eigenvalue weighted by molar-refractivity contribution is 7.12. The highest BCUT2D eigenvalue weighted by Crippen LogP contribution is 2.50. The quantitative estimate of drug-likeness (QED) is 0.692. The van der Waals surface area contributed by atoms with Crippen LogP contribution in [-0.2, 0) is 4.79 Å². The van der Waals surface area contributed by atoms with Crippen LogP contribution < -0.4 is 10.6 Å². The zero-order valence-electron chi connectivity index (χ0n) is 13.4.